The molecule has 1 fully saturated rings. The van der Waals surface area contributed by atoms with Gasteiger partial charge in [-0.2, -0.15) is 13.2 Å². The molecule has 0 unspecified atom stereocenters. The van der Waals surface area contributed by atoms with Gasteiger partial charge >= 0.3 is 6.18 Å². The molecule has 3 aromatic rings. The van der Waals surface area contributed by atoms with Crippen molar-refractivity contribution >= 4 is 11.0 Å². The number of aromatic nitrogens is 3. The molecule has 28 heavy (non-hydrogen) atoms. The second-order valence-electron chi connectivity index (χ2n) is 7.60. The molecule has 2 heterocycles. The van der Waals surface area contributed by atoms with Crippen LogP contribution in [-0.4, -0.2) is 30.6 Å². The maximum absolute atomic E-state index is 14.5. The van der Waals surface area contributed by atoms with Crippen molar-refractivity contribution in [2.75, 3.05) is 0 Å². The summed E-state index contributed by atoms with van der Waals surface area (Å²) in [5.41, 5.74) is -1.19. The van der Waals surface area contributed by atoms with E-state index in [1.807, 2.05) is 0 Å². The van der Waals surface area contributed by atoms with Gasteiger partial charge in [0.05, 0.1) is 22.2 Å². The highest BCUT2D eigenvalue weighted by molar-refractivity contribution is 5.83. The molecule has 4 rings (SSSR count). The van der Waals surface area contributed by atoms with E-state index in [4.69, 9.17) is 0 Å². The number of aliphatic hydroxyl groups is 1. The third-order valence-electron chi connectivity index (χ3n) is 5.17. The van der Waals surface area contributed by atoms with Crippen LogP contribution in [0.4, 0.5) is 17.6 Å². The van der Waals surface area contributed by atoms with Crippen molar-refractivity contribution in [1.29, 1.82) is 0 Å². The number of rotatable bonds is 2. The van der Waals surface area contributed by atoms with Crippen LogP contribution in [-0.2, 0) is 6.18 Å². The first-order valence-corrected chi connectivity index (χ1v) is 8.63. The number of aryl methyl sites for hydroxylation is 1. The van der Waals surface area contributed by atoms with Gasteiger partial charge in [-0.15, -0.1) is 10.2 Å². The quantitative estimate of drug-likeness (QED) is 0.633. The van der Waals surface area contributed by atoms with Crippen molar-refractivity contribution < 1.29 is 27.8 Å². The Kier molecular flexibility index (Phi) is 3.94. The fourth-order valence-corrected chi connectivity index (χ4v) is 3.82. The predicted octanol–water partition coefficient (Wildman–Crippen LogP) is 4.36. The summed E-state index contributed by atoms with van der Waals surface area (Å²) >= 11 is 0. The van der Waals surface area contributed by atoms with Gasteiger partial charge in [0.1, 0.15) is 5.75 Å². The second-order valence-corrected chi connectivity index (χ2v) is 7.60. The molecule has 9 heteroatoms. The highest BCUT2D eigenvalue weighted by Crippen LogP contribution is 2.43. The third kappa shape index (κ3) is 2.99. The minimum atomic E-state index is -4.59. The van der Waals surface area contributed by atoms with E-state index >= 15 is 0 Å². The minimum Gasteiger partial charge on any atom is -0.507 e. The van der Waals surface area contributed by atoms with Crippen LogP contribution in [0.2, 0.25) is 0 Å². The highest BCUT2D eigenvalue weighted by Gasteiger charge is 2.40. The maximum atomic E-state index is 14.5. The number of benzene rings is 1. The van der Waals surface area contributed by atoms with Crippen molar-refractivity contribution in [2.45, 2.75) is 44.5 Å². The minimum absolute atomic E-state index is 0.0705. The molecule has 1 aromatic carbocycles. The topological polar surface area (TPSA) is 71.2 Å². The average molecular weight is 395 g/mol. The number of hydrogen-bond acceptors (Lipinski definition) is 4. The van der Waals surface area contributed by atoms with Crippen molar-refractivity contribution in [3.63, 3.8) is 0 Å². The van der Waals surface area contributed by atoms with Crippen LogP contribution < -0.4 is 0 Å². The van der Waals surface area contributed by atoms with Gasteiger partial charge in [-0.1, -0.05) is 0 Å². The number of aromatic hydroxyl groups is 1. The van der Waals surface area contributed by atoms with E-state index in [2.05, 4.69) is 10.2 Å². The van der Waals surface area contributed by atoms with Gasteiger partial charge in [-0.25, -0.2) is 4.39 Å². The maximum Gasteiger partial charge on any atom is 0.416 e. The molecule has 1 aliphatic rings. The summed E-state index contributed by atoms with van der Waals surface area (Å²) in [6.07, 6.45) is -2.40. The molecule has 148 valence electrons. The van der Waals surface area contributed by atoms with Crippen molar-refractivity contribution in [2.24, 2.45) is 0 Å². The fourth-order valence-electron chi connectivity index (χ4n) is 3.82. The van der Waals surface area contributed by atoms with Crippen LogP contribution in [0.1, 0.15) is 36.9 Å². The Morgan fingerprint density at radius 2 is 1.86 bits per heavy atom. The molecular formula is C19H17F4N3O2. The molecule has 2 N–H and O–H groups in total. The van der Waals surface area contributed by atoms with Crippen LogP contribution in [0, 0.1) is 12.7 Å². The Balaban J connectivity index is 1.78. The number of fused-ring (bicyclic) bond motifs is 1. The van der Waals surface area contributed by atoms with Gasteiger partial charge < -0.3 is 14.8 Å². The van der Waals surface area contributed by atoms with E-state index in [1.165, 1.54) is 19.2 Å². The van der Waals surface area contributed by atoms with Gasteiger partial charge in [-0.05, 0) is 50.5 Å². The zero-order chi connectivity index (χ0) is 20.4. The van der Waals surface area contributed by atoms with Gasteiger partial charge in [0, 0.05) is 17.8 Å². The zero-order valence-electron chi connectivity index (χ0n) is 15.0. The SMILES string of the molecule is Cc1cc(C(F)(F)F)cc(O)c1-c1cc2c(F)cn(C3CC(C)(O)C3)c2nn1. The summed E-state index contributed by atoms with van der Waals surface area (Å²) in [6, 6.07) is 2.77. The molecule has 0 amide bonds. The Labute approximate surface area is 157 Å². The molecule has 0 aliphatic heterocycles. The number of hydrogen-bond donors (Lipinski definition) is 2. The number of alkyl halides is 3. The predicted molar refractivity (Wildman–Crippen MR) is 93.2 cm³/mol. The van der Waals surface area contributed by atoms with Crippen molar-refractivity contribution in [3.8, 4) is 17.0 Å². The third-order valence-corrected chi connectivity index (χ3v) is 5.17. The molecular weight excluding hydrogens is 378 g/mol. The summed E-state index contributed by atoms with van der Waals surface area (Å²) in [7, 11) is 0. The Hall–Kier alpha value is -2.68. The van der Waals surface area contributed by atoms with E-state index < -0.39 is 28.9 Å². The van der Waals surface area contributed by atoms with Crippen LogP contribution in [0.5, 0.6) is 5.75 Å². The lowest BCUT2D eigenvalue weighted by atomic mass is 9.77. The normalized spacial score (nSPS) is 22.5. The first kappa shape index (κ1) is 18.7. The summed E-state index contributed by atoms with van der Waals surface area (Å²) in [6.45, 7) is 3.11. The Morgan fingerprint density at radius 3 is 2.43 bits per heavy atom. The first-order valence-electron chi connectivity index (χ1n) is 8.63. The lowest BCUT2D eigenvalue weighted by Gasteiger charge is -2.41. The standard InChI is InChI=1S/C19H17F4N3O2/c1-9-3-10(19(21,22)23)4-15(27)16(9)14-5-12-13(20)8-26(17(12)25-24-14)11-6-18(2,28)7-11/h3-5,8,11,27-28H,6-7H2,1-2H3. The van der Waals surface area contributed by atoms with Crippen LogP contribution in [0.15, 0.2) is 24.4 Å². The van der Waals surface area contributed by atoms with Crippen molar-refractivity contribution in [1.82, 2.24) is 14.8 Å². The van der Waals surface area contributed by atoms with Crippen molar-refractivity contribution in [3.05, 3.63) is 41.3 Å². The highest BCUT2D eigenvalue weighted by atomic mass is 19.4. The lowest BCUT2D eigenvalue weighted by molar-refractivity contribution is -0.137. The van der Waals surface area contributed by atoms with Gasteiger partial charge in [-0.3, -0.25) is 0 Å². The number of phenols is 1. The average Bonchev–Trinajstić information content (AvgIpc) is 2.87. The van der Waals surface area contributed by atoms with E-state index in [1.54, 1.807) is 11.5 Å². The van der Waals surface area contributed by atoms with E-state index in [-0.39, 0.29) is 33.9 Å². The van der Waals surface area contributed by atoms with Gasteiger partial charge in [0.2, 0.25) is 0 Å². The summed E-state index contributed by atoms with van der Waals surface area (Å²) in [5.74, 6) is -1.15. The molecule has 1 saturated carbocycles. The molecule has 5 nitrogen and oxygen atoms in total. The largest absolute Gasteiger partial charge is 0.507 e. The smallest absolute Gasteiger partial charge is 0.416 e. The van der Waals surface area contributed by atoms with E-state index in [9.17, 15) is 27.8 Å². The molecule has 0 atom stereocenters. The second kappa shape index (κ2) is 5.91. The fraction of sp³-hybridized carbons (Fsp3) is 0.368. The molecule has 0 radical (unpaired) electrons. The summed E-state index contributed by atoms with van der Waals surface area (Å²) in [4.78, 5) is 0. The van der Waals surface area contributed by atoms with Crippen LogP contribution >= 0.6 is 0 Å². The first-order chi connectivity index (χ1) is 13.0. The molecule has 0 bridgehead atoms. The molecule has 1 aliphatic carbocycles. The summed E-state index contributed by atoms with van der Waals surface area (Å²) in [5, 5.41) is 28.2. The monoisotopic (exact) mass is 395 g/mol. The Bertz CT molecular complexity index is 1060. The van der Waals surface area contributed by atoms with Crippen LogP contribution in [0.3, 0.4) is 0 Å². The van der Waals surface area contributed by atoms with E-state index in [0.717, 1.165) is 6.07 Å². The lowest BCUT2D eigenvalue weighted by Crippen LogP contribution is -2.41. The van der Waals surface area contributed by atoms with Gasteiger partial charge in [0.25, 0.3) is 0 Å². The number of halogens is 4. The Morgan fingerprint density at radius 1 is 1.18 bits per heavy atom. The molecule has 0 saturated heterocycles. The zero-order valence-corrected chi connectivity index (χ0v) is 15.0. The van der Waals surface area contributed by atoms with Gasteiger partial charge in [0.15, 0.2) is 11.5 Å². The number of phenolic OH excluding ortho intramolecular Hbond substituents is 1. The van der Waals surface area contributed by atoms with Crippen LogP contribution in [0.25, 0.3) is 22.3 Å². The summed E-state index contributed by atoms with van der Waals surface area (Å²) < 4.78 is 54.8. The number of nitrogens with zero attached hydrogens (tertiary/aromatic N) is 3. The molecule has 0 spiro atoms. The van der Waals surface area contributed by atoms with E-state index in [0.29, 0.717) is 18.9 Å². The molecule has 2 aromatic heterocycles.